The van der Waals surface area contributed by atoms with Gasteiger partial charge in [0.25, 0.3) is 0 Å². The predicted octanol–water partition coefficient (Wildman–Crippen LogP) is 3.16. The van der Waals surface area contributed by atoms with Crippen LogP contribution in [0.4, 0.5) is 17.3 Å². The van der Waals surface area contributed by atoms with Gasteiger partial charge in [0.05, 0.1) is 0 Å². The van der Waals surface area contributed by atoms with Crippen LogP contribution in [-0.4, -0.2) is 29.2 Å². The van der Waals surface area contributed by atoms with E-state index in [1.807, 2.05) is 42.3 Å². The van der Waals surface area contributed by atoms with Crippen LogP contribution in [0.3, 0.4) is 0 Å². The Bertz CT molecular complexity index is 666. The molecule has 0 unspecified atom stereocenters. The third kappa shape index (κ3) is 4.86. The van der Waals surface area contributed by atoms with E-state index in [0.717, 1.165) is 24.2 Å². The molecule has 1 aromatic carbocycles. The van der Waals surface area contributed by atoms with Crippen LogP contribution in [0.15, 0.2) is 35.5 Å². The number of aromatic nitrogens is 2. The topological polar surface area (TPSA) is 84.1 Å². The fourth-order valence-electron chi connectivity index (χ4n) is 2.22. The number of nitrogens with one attached hydrogen (secondary N) is 1. The number of rotatable bonds is 9. The number of amides is 1. The fourth-order valence-corrected chi connectivity index (χ4v) is 3.15. The van der Waals surface area contributed by atoms with Gasteiger partial charge in [-0.3, -0.25) is 4.79 Å². The summed E-state index contributed by atoms with van der Waals surface area (Å²) in [6.07, 6.45) is 2.81. The van der Waals surface area contributed by atoms with E-state index >= 15 is 0 Å². The van der Waals surface area contributed by atoms with Crippen LogP contribution in [0.2, 0.25) is 0 Å². The number of nitrogens with two attached hydrogens (primary N) is 1. The van der Waals surface area contributed by atoms with Crippen LogP contribution >= 0.6 is 11.8 Å². The van der Waals surface area contributed by atoms with Crippen molar-refractivity contribution in [2.45, 2.75) is 31.5 Å². The van der Waals surface area contributed by atoms with Crippen molar-refractivity contribution in [3.8, 4) is 0 Å². The summed E-state index contributed by atoms with van der Waals surface area (Å²) in [5, 5.41) is 3.26. The molecule has 7 heteroatoms. The Hall–Kier alpha value is -2.28. The zero-order chi connectivity index (χ0) is 17.4. The molecule has 1 amide bonds. The molecule has 3 N–H and O–H groups in total. The zero-order valence-corrected chi connectivity index (χ0v) is 14.8. The number of hydrogen-bond acceptors (Lipinski definition) is 6. The van der Waals surface area contributed by atoms with Gasteiger partial charge in [-0.1, -0.05) is 55.4 Å². The maximum absolute atomic E-state index is 10.9. The standard InChI is InChI=1S/C17H23N5OS/c1-3-4-10-24-17-20-15(18)14(19-12-23)16(21-17)22(2)11-13-8-6-5-7-9-13/h5-9,12H,3-4,10-11H2,1-2H3,(H,19,23)(H2,18,20,21). The van der Waals surface area contributed by atoms with E-state index in [4.69, 9.17) is 5.73 Å². The highest BCUT2D eigenvalue weighted by atomic mass is 32.2. The second-order valence-corrected chi connectivity index (χ2v) is 6.46. The molecular weight excluding hydrogens is 322 g/mol. The third-order valence-electron chi connectivity index (χ3n) is 3.45. The van der Waals surface area contributed by atoms with Gasteiger partial charge in [0.2, 0.25) is 6.41 Å². The number of carbonyl (C=O) groups excluding carboxylic acids is 1. The molecule has 2 aromatic rings. The number of unbranched alkanes of at least 4 members (excludes halogenated alkanes) is 1. The van der Waals surface area contributed by atoms with Crippen LogP contribution in [0.5, 0.6) is 0 Å². The Morgan fingerprint density at radius 1 is 1.29 bits per heavy atom. The number of hydrogen-bond donors (Lipinski definition) is 2. The second kappa shape index (κ2) is 9.12. The molecule has 0 radical (unpaired) electrons. The lowest BCUT2D eigenvalue weighted by Gasteiger charge is -2.22. The summed E-state index contributed by atoms with van der Waals surface area (Å²) >= 11 is 1.58. The highest BCUT2D eigenvalue weighted by Gasteiger charge is 2.16. The van der Waals surface area contributed by atoms with E-state index in [0.29, 0.717) is 29.6 Å². The highest BCUT2D eigenvalue weighted by molar-refractivity contribution is 7.99. The van der Waals surface area contributed by atoms with Crippen molar-refractivity contribution in [2.75, 3.05) is 28.8 Å². The predicted molar refractivity (Wildman–Crippen MR) is 100 cm³/mol. The number of nitrogens with zero attached hydrogens (tertiary/aromatic N) is 3. The number of nitrogen functional groups attached to an aromatic ring is 1. The fraction of sp³-hybridized carbons (Fsp3) is 0.353. The summed E-state index contributed by atoms with van der Waals surface area (Å²) in [6.45, 7) is 2.80. The summed E-state index contributed by atoms with van der Waals surface area (Å²) in [4.78, 5) is 21.8. The molecule has 0 atom stereocenters. The van der Waals surface area contributed by atoms with E-state index in [2.05, 4.69) is 22.2 Å². The molecule has 1 aromatic heterocycles. The number of carbonyl (C=O) groups is 1. The van der Waals surface area contributed by atoms with Crippen LogP contribution < -0.4 is 16.0 Å². The SMILES string of the molecule is CCCCSc1nc(N)c(NC=O)c(N(C)Cc2ccccc2)n1. The molecule has 0 bridgehead atoms. The minimum absolute atomic E-state index is 0.283. The van der Waals surface area contributed by atoms with Crippen molar-refractivity contribution in [2.24, 2.45) is 0 Å². The van der Waals surface area contributed by atoms with Crippen molar-refractivity contribution >= 4 is 35.5 Å². The van der Waals surface area contributed by atoms with E-state index in [9.17, 15) is 4.79 Å². The normalized spacial score (nSPS) is 10.4. The minimum atomic E-state index is 0.283. The van der Waals surface area contributed by atoms with Crippen molar-refractivity contribution < 1.29 is 4.79 Å². The van der Waals surface area contributed by atoms with Crippen molar-refractivity contribution in [1.29, 1.82) is 0 Å². The Morgan fingerprint density at radius 3 is 2.71 bits per heavy atom. The first-order valence-electron chi connectivity index (χ1n) is 7.91. The summed E-state index contributed by atoms with van der Waals surface area (Å²) in [5.41, 5.74) is 7.63. The van der Waals surface area contributed by atoms with Gasteiger partial charge < -0.3 is 16.0 Å². The Kier molecular flexibility index (Phi) is 6.87. The number of thioether (sulfide) groups is 1. The average molecular weight is 345 g/mol. The molecule has 0 aliphatic carbocycles. The number of anilines is 3. The maximum Gasteiger partial charge on any atom is 0.211 e. The van der Waals surface area contributed by atoms with E-state index in [1.54, 1.807) is 11.8 Å². The van der Waals surface area contributed by atoms with Gasteiger partial charge in [-0.25, -0.2) is 9.97 Å². The lowest BCUT2D eigenvalue weighted by Crippen LogP contribution is -2.21. The molecule has 2 rings (SSSR count). The zero-order valence-electron chi connectivity index (χ0n) is 14.0. The average Bonchev–Trinajstić information content (AvgIpc) is 2.58. The Morgan fingerprint density at radius 2 is 2.04 bits per heavy atom. The van der Waals surface area contributed by atoms with Crippen LogP contribution in [0.25, 0.3) is 0 Å². The van der Waals surface area contributed by atoms with Gasteiger partial charge in [-0.15, -0.1) is 0 Å². The molecular formula is C17H23N5OS. The molecule has 24 heavy (non-hydrogen) atoms. The third-order valence-corrected chi connectivity index (χ3v) is 4.39. The molecule has 0 aliphatic rings. The van der Waals surface area contributed by atoms with Gasteiger partial charge in [-0.05, 0) is 12.0 Å². The largest absolute Gasteiger partial charge is 0.382 e. The number of benzene rings is 1. The quantitative estimate of drug-likeness (QED) is 0.314. The second-order valence-electron chi connectivity index (χ2n) is 5.40. The molecule has 0 fully saturated rings. The van der Waals surface area contributed by atoms with Crippen molar-refractivity contribution in [3.05, 3.63) is 35.9 Å². The first-order valence-corrected chi connectivity index (χ1v) is 8.89. The Labute approximate surface area is 146 Å². The van der Waals surface area contributed by atoms with Gasteiger partial charge in [-0.2, -0.15) is 0 Å². The Balaban J connectivity index is 2.27. The van der Waals surface area contributed by atoms with Crippen LogP contribution in [0, 0.1) is 0 Å². The van der Waals surface area contributed by atoms with Gasteiger partial charge >= 0.3 is 0 Å². The summed E-state index contributed by atoms with van der Waals surface area (Å²) < 4.78 is 0. The van der Waals surface area contributed by atoms with Gasteiger partial charge in [0, 0.05) is 19.3 Å². The summed E-state index contributed by atoms with van der Waals surface area (Å²) in [6, 6.07) is 10.1. The summed E-state index contributed by atoms with van der Waals surface area (Å²) in [5.74, 6) is 1.85. The molecule has 0 saturated carbocycles. The van der Waals surface area contributed by atoms with E-state index in [-0.39, 0.29) is 5.82 Å². The lowest BCUT2D eigenvalue weighted by molar-refractivity contribution is -0.105. The smallest absolute Gasteiger partial charge is 0.211 e. The van der Waals surface area contributed by atoms with E-state index < -0.39 is 0 Å². The van der Waals surface area contributed by atoms with Crippen molar-refractivity contribution in [3.63, 3.8) is 0 Å². The molecule has 1 heterocycles. The van der Waals surface area contributed by atoms with Crippen LogP contribution in [0.1, 0.15) is 25.3 Å². The minimum Gasteiger partial charge on any atom is -0.382 e. The highest BCUT2D eigenvalue weighted by Crippen LogP contribution is 2.31. The molecule has 128 valence electrons. The van der Waals surface area contributed by atoms with Crippen molar-refractivity contribution in [1.82, 2.24) is 9.97 Å². The first-order chi connectivity index (χ1) is 11.7. The monoisotopic (exact) mass is 345 g/mol. The molecule has 6 nitrogen and oxygen atoms in total. The van der Waals surface area contributed by atoms with E-state index in [1.165, 1.54) is 0 Å². The molecule has 0 aliphatic heterocycles. The molecule has 0 saturated heterocycles. The van der Waals surface area contributed by atoms with Gasteiger partial charge in [0.1, 0.15) is 5.69 Å². The van der Waals surface area contributed by atoms with Crippen LogP contribution in [-0.2, 0) is 11.3 Å². The summed E-state index contributed by atoms with van der Waals surface area (Å²) in [7, 11) is 1.92. The molecule has 0 spiro atoms. The first kappa shape index (κ1) is 18.1. The van der Waals surface area contributed by atoms with Gasteiger partial charge in [0.15, 0.2) is 16.8 Å². The lowest BCUT2D eigenvalue weighted by atomic mass is 10.2. The maximum atomic E-state index is 10.9.